The summed E-state index contributed by atoms with van der Waals surface area (Å²) in [7, 11) is 1.31. The number of carbonyl (C=O) groups is 3. The molecule has 1 saturated carbocycles. The van der Waals surface area contributed by atoms with Gasteiger partial charge in [0.05, 0.1) is 13.7 Å². The fourth-order valence-corrected chi connectivity index (χ4v) is 3.68. The van der Waals surface area contributed by atoms with E-state index in [1.807, 2.05) is 10.8 Å². The SMILES string of the molecule is COC(=O)[C@@H]1Cc2c[n+](CC3CCC3)cn2C(=O)N1CCNC(=O)OC(C)(C)C. The fraction of sp³-hybridized carbons (Fsp3) is 0.700. The average Bonchev–Trinajstić information content (AvgIpc) is 3.01. The lowest BCUT2D eigenvalue weighted by Gasteiger charge is -2.31. The highest BCUT2D eigenvalue weighted by atomic mass is 16.6. The maximum absolute atomic E-state index is 13.1. The van der Waals surface area contributed by atoms with Crippen LogP contribution >= 0.6 is 0 Å². The van der Waals surface area contributed by atoms with Crippen LogP contribution in [-0.2, 0) is 27.2 Å². The highest BCUT2D eigenvalue weighted by Crippen LogP contribution is 2.26. The van der Waals surface area contributed by atoms with Gasteiger partial charge < -0.3 is 14.8 Å². The second kappa shape index (κ2) is 8.42. The molecule has 0 spiro atoms. The summed E-state index contributed by atoms with van der Waals surface area (Å²) < 4.78 is 13.7. The van der Waals surface area contributed by atoms with Crippen LogP contribution in [0.4, 0.5) is 9.59 Å². The Labute approximate surface area is 170 Å². The van der Waals surface area contributed by atoms with E-state index in [4.69, 9.17) is 9.47 Å². The molecule has 2 heterocycles. The lowest BCUT2D eigenvalue weighted by Crippen LogP contribution is -2.54. The highest BCUT2D eigenvalue weighted by Gasteiger charge is 2.42. The van der Waals surface area contributed by atoms with Gasteiger partial charge in [-0.05, 0) is 39.5 Å². The molecule has 1 aliphatic heterocycles. The van der Waals surface area contributed by atoms with Gasteiger partial charge in [0.15, 0.2) is 5.69 Å². The van der Waals surface area contributed by atoms with Gasteiger partial charge in [0.25, 0.3) is 6.33 Å². The predicted molar refractivity (Wildman–Crippen MR) is 103 cm³/mol. The summed E-state index contributed by atoms with van der Waals surface area (Å²) in [6.07, 6.45) is 7.27. The van der Waals surface area contributed by atoms with Crippen molar-refractivity contribution < 1.29 is 28.4 Å². The van der Waals surface area contributed by atoms with Crippen LogP contribution in [0.5, 0.6) is 0 Å². The molecule has 0 saturated heterocycles. The van der Waals surface area contributed by atoms with E-state index in [0.29, 0.717) is 12.3 Å². The normalized spacial score (nSPS) is 19.4. The van der Waals surface area contributed by atoms with Crippen LogP contribution in [-0.4, -0.2) is 59.4 Å². The summed E-state index contributed by atoms with van der Waals surface area (Å²) in [6, 6.07) is -1.01. The van der Waals surface area contributed by atoms with Crippen molar-refractivity contribution in [2.24, 2.45) is 5.92 Å². The first kappa shape index (κ1) is 21.1. The van der Waals surface area contributed by atoms with Crippen molar-refractivity contribution >= 4 is 18.1 Å². The molecule has 1 N–H and O–H groups in total. The summed E-state index contributed by atoms with van der Waals surface area (Å²) in [4.78, 5) is 38.7. The zero-order valence-electron chi connectivity index (χ0n) is 17.6. The third-order valence-electron chi connectivity index (χ3n) is 5.31. The Morgan fingerprint density at radius 2 is 2.03 bits per heavy atom. The zero-order chi connectivity index (χ0) is 21.2. The molecule has 1 fully saturated rings. The molecule has 1 atom stereocenters. The molecule has 3 rings (SSSR count). The van der Waals surface area contributed by atoms with Gasteiger partial charge in [-0.3, -0.25) is 4.90 Å². The molecule has 9 heteroatoms. The lowest BCUT2D eigenvalue weighted by molar-refractivity contribution is -0.704. The maximum Gasteiger partial charge on any atom is 0.416 e. The number of alkyl carbamates (subject to hydrolysis) is 1. The van der Waals surface area contributed by atoms with E-state index in [1.54, 1.807) is 31.7 Å². The smallest absolute Gasteiger partial charge is 0.416 e. The van der Waals surface area contributed by atoms with Gasteiger partial charge in [0, 0.05) is 19.5 Å². The number of aromatic nitrogens is 2. The number of hydrogen-bond acceptors (Lipinski definition) is 5. The molecule has 0 bridgehead atoms. The van der Waals surface area contributed by atoms with Crippen molar-refractivity contribution in [3.05, 3.63) is 18.2 Å². The van der Waals surface area contributed by atoms with Crippen molar-refractivity contribution in [2.45, 2.75) is 64.6 Å². The van der Waals surface area contributed by atoms with Gasteiger partial charge in [0.2, 0.25) is 0 Å². The first-order valence-corrected chi connectivity index (χ1v) is 10.1. The maximum atomic E-state index is 13.1. The van der Waals surface area contributed by atoms with Crippen molar-refractivity contribution in [1.29, 1.82) is 0 Å². The number of carbonyl (C=O) groups excluding carboxylic acids is 3. The lowest BCUT2D eigenvalue weighted by atomic mass is 9.85. The van der Waals surface area contributed by atoms with E-state index in [0.717, 1.165) is 12.2 Å². The second-order valence-corrected chi connectivity index (χ2v) is 8.75. The van der Waals surface area contributed by atoms with Crippen molar-refractivity contribution in [2.75, 3.05) is 20.2 Å². The van der Waals surface area contributed by atoms with Crippen molar-refractivity contribution in [3.8, 4) is 0 Å². The number of fused-ring (bicyclic) bond motifs is 1. The standard InChI is InChI=1S/C20H30N4O5/c1-20(2,3)29-18(26)21-8-9-23-16(17(25)28-4)10-15-12-22(11-14-6-5-7-14)13-24(15)19(23)27/h12-14,16H,5-11H2,1-4H3/p+1/t16-/m0/s1. The molecule has 160 valence electrons. The molecule has 1 aromatic heterocycles. The summed E-state index contributed by atoms with van der Waals surface area (Å²) in [5, 5.41) is 2.63. The number of esters is 1. The van der Waals surface area contributed by atoms with E-state index in [2.05, 4.69) is 5.32 Å². The number of hydrogen-bond donors (Lipinski definition) is 1. The molecule has 1 aliphatic carbocycles. The Bertz CT molecular complexity index is 778. The molecule has 0 unspecified atom stereocenters. The molecule has 0 radical (unpaired) electrons. The number of rotatable bonds is 6. The van der Waals surface area contributed by atoms with Gasteiger partial charge in [0.1, 0.15) is 17.8 Å². The molecule has 2 amide bonds. The van der Waals surface area contributed by atoms with Gasteiger partial charge in [-0.15, -0.1) is 4.57 Å². The first-order valence-electron chi connectivity index (χ1n) is 10.1. The Morgan fingerprint density at radius 3 is 2.62 bits per heavy atom. The predicted octanol–water partition coefficient (Wildman–Crippen LogP) is 1.47. The van der Waals surface area contributed by atoms with Gasteiger partial charge in [-0.1, -0.05) is 6.42 Å². The molecular formula is C20H31N4O5+. The minimum atomic E-state index is -0.715. The number of nitrogens with one attached hydrogen (secondary N) is 1. The molecule has 2 aliphatic rings. The molecule has 1 aromatic rings. The number of amides is 2. The zero-order valence-corrected chi connectivity index (χ0v) is 17.6. The summed E-state index contributed by atoms with van der Waals surface area (Å²) in [6.45, 7) is 6.57. The summed E-state index contributed by atoms with van der Waals surface area (Å²) in [5.74, 6) is 0.193. The van der Waals surface area contributed by atoms with Crippen LogP contribution in [0.2, 0.25) is 0 Å². The van der Waals surface area contributed by atoms with Gasteiger partial charge >= 0.3 is 18.1 Å². The Morgan fingerprint density at radius 1 is 1.31 bits per heavy atom. The number of nitrogens with zero attached hydrogens (tertiary/aromatic N) is 3. The number of imidazole rings is 1. The van der Waals surface area contributed by atoms with Crippen LogP contribution in [0.3, 0.4) is 0 Å². The van der Waals surface area contributed by atoms with Crippen LogP contribution in [0.25, 0.3) is 0 Å². The van der Waals surface area contributed by atoms with Crippen molar-refractivity contribution in [3.63, 3.8) is 0 Å². The van der Waals surface area contributed by atoms with E-state index in [9.17, 15) is 14.4 Å². The van der Waals surface area contributed by atoms with Gasteiger partial charge in [-0.25, -0.2) is 19.0 Å². The summed E-state index contributed by atoms with van der Waals surface area (Å²) >= 11 is 0. The number of methoxy groups -OCH3 is 1. The Kier molecular flexibility index (Phi) is 6.14. The largest absolute Gasteiger partial charge is 0.467 e. The van der Waals surface area contributed by atoms with Crippen LogP contribution in [0, 0.1) is 5.92 Å². The topological polar surface area (TPSA) is 93.8 Å². The van der Waals surface area contributed by atoms with E-state index in [1.165, 1.54) is 31.3 Å². The second-order valence-electron chi connectivity index (χ2n) is 8.75. The molecule has 0 aromatic carbocycles. The highest BCUT2D eigenvalue weighted by molar-refractivity contribution is 5.87. The fourth-order valence-electron chi connectivity index (χ4n) is 3.68. The quantitative estimate of drug-likeness (QED) is 0.569. The van der Waals surface area contributed by atoms with Crippen LogP contribution < -0.4 is 9.88 Å². The van der Waals surface area contributed by atoms with Crippen LogP contribution in [0.15, 0.2) is 12.5 Å². The van der Waals surface area contributed by atoms with E-state index >= 15 is 0 Å². The van der Waals surface area contributed by atoms with E-state index in [-0.39, 0.29) is 19.1 Å². The van der Waals surface area contributed by atoms with Crippen molar-refractivity contribution in [1.82, 2.24) is 14.8 Å². The summed E-state index contributed by atoms with van der Waals surface area (Å²) in [5.41, 5.74) is 0.189. The minimum Gasteiger partial charge on any atom is -0.467 e. The first-order chi connectivity index (χ1) is 13.7. The Balaban J connectivity index is 1.68. The molecular weight excluding hydrogens is 376 g/mol. The van der Waals surface area contributed by atoms with Gasteiger partial charge in [-0.2, -0.15) is 0 Å². The Hall–Kier alpha value is -2.58. The minimum absolute atomic E-state index is 0.173. The van der Waals surface area contributed by atoms with E-state index < -0.39 is 23.7 Å². The van der Waals surface area contributed by atoms with Crippen LogP contribution in [0.1, 0.15) is 45.7 Å². The third-order valence-corrected chi connectivity index (χ3v) is 5.31. The third kappa shape index (κ3) is 5.07. The average molecular weight is 407 g/mol. The monoisotopic (exact) mass is 407 g/mol. The number of ether oxygens (including phenoxy) is 2. The molecule has 29 heavy (non-hydrogen) atoms. The molecule has 9 nitrogen and oxygen atoms in total.